The summed E-state index contributed by atoms with van der Waals surface area (Å²) in [7, 11) is 1.56. The fourth-order valence-corrected chi connectivity index (χ4v) is 1.75. The van der Waals surface area contributed by atoms with Crippen molar-refractivity contribution in [3.8, 4) is 5.75 Å². The summed E-state index contributed by atoms with van der Waals surface area (Å²) in [4.78, 5) is 0. The molecule has 1 aromatic carbocycles. The van der Waals surface area contributed by atoms with Crippen LogP contribution in [0.5, 0.6) is 5.75 Å². The van der Waals surface area contributed by atoms with Gasteiger partial charge in [0.1, 0.15) is 10.8 Å². The third-order valence-electron chi connectivity index (χ3n) is 1.92. The smallest absolute Gasteiger partial charge is 0.139 e. The molecule has 84 valence electrons. The van der Waals surface area contributed by atoms with Gasteiger partial charge in [0.2, 0.25) is 0 Å². The predicted molar refractivity (Wildman–Crippen MR) is 70.0 cm³/mol. The molecular formula is C10H13Cl2NOS. The van der Waals surface area contributed by atoms with Gasteiger partial charge in [0.25, 0.3) is 0 Å². The molecule has 0 unspecified atom stereocenters. The van der Waals surface area contributed by atoms with Crippen molar-refractivity contribution in [2.75, 3.05) is 24.7 Å². The van der Waals surface area contributed by atoms with Gasteiger partial charge in [0.05, 0.1) is 17.8 Å². The second kappa shape index (κ2) is 6.36. The van der Waals surface area contributed by atoms with Gasteiger partial charge in [-0.25, -0.2) is 0 Å². The number of thiol groups is 1. The summed E-state index contributed by atoms with van der Waals surface area (Å²) in [5.74, 6) is 1.43. The first kappa shape index (κ1) is 12.8. The van der Waals surface area contributed by atoms with Crippen molar-refractivity contribution in [2.45, 2.75) is 6.42 Å². The minimum absolute atomic E-state index is 0.440. The summed E-state index contributed by atoms with van der Waals surface area (Å²) in [5, 5.41) is 4.12. The van der Waals surface area contributed by atoms with Crippen LogP contribution < -0.4 is 10.1 Å². The number of hydrogen-bond acceptors (Lipinski definition) is 3. The van der Waals surface area contributed by atoms with Crippen molar-refractivity contribution >= 4 is 41.5 Å². The second-order valence-corrected chi connectivity index (χ2v) is 4.15. The van der Waals surface area contributed by atoms with Gasteiger partial charge in [-0.3, -0.25) is 0 Å². The maximum absolute atomic E-state index is 6.06. The lowest BCUT2D eigenvalue weighted by atomic mass is 10.3. The van der Waals surface area contributed by atoms with E-state index in [1.165, 1.54) is 0 Å². The van der Waals surface area contributed by atoms with Crippen LogP contribution in [0, 0.1) is 0 Å². The van der Waals surface area contributed by atoms with Crippen LogP contribution in [0.2, 0.25) is 10.0 Å². The average molecular weight is 266 g/mol. The van der Waals surface area contributed by atoms with Crippen LogP contribution in [0.25, 0.3) is 0 Å². The molecule has 0 fully saturated rings. The zero-order valence-electron chi connectivity index (χ0n) is 8.39. The molecule has 2 nitrogen and oxygen atoms in total. The van der Waals surface area contributed by atoms with Gasteiger partial charge in [-0.1, -0.05) is 23.2 Å². The quantitative estimate of drug-likeness (QED) is 0.626. The van der Waals surface area contributed by atoms with Gasteiger partial charge >= 0.3 is 0 Å². The summed E-state index contributed by atoms with van der Waals surface area (Å²) < 4.78 is 5.05. The summed E-state index contributed by atoms with van der Waals surface area (Å²) in [5.41, 5.74) is 0.823. The molecule has 0 aliphatic rings. The maximum atomic E-state index is 6.06. The Morgan fingerprint density at radius 1 is 1.33 bits per heavy atom. The van der Waals surface area contributed by atoms with E-state index in [-0.39, 0.29) is 0 Å². The van der Waals surface area contributed by atoms with Gasteiger partial charge in [0.15, 0.2) is 0 Å². The van der Waals surface area contributed by atoms with Crippen molar-refractivity contribution in [1.82, 2.24) is 0 Å². The van der Waals surface area contributed by atoms with E-state index in [2.05, 4.69) is 17.9 Å². The number of hydrogen-bond donors (Lipinski definition) is 2. The second-order valence-electron chi connectivity index (χ2n) is 2.95. The number of ether oxygens (including phenoxy) is 1. The highest BCUT2D eigenvalue weighted by atomic mass is 35.5. The molecule has 0 heterocycles. The van der Waals surface area contributed by atoms with E-state index in [0.29, 0.717) is 15.8 Å². The maximum Gasteiger partial charge on any atom is 0.139 e. The van der Waals surface area contributed by atoms with Gasteiger partial charge in [-0.05, 0) is 24.3 Å². The number of nitrogens with one attached hydrogen (secondary N) is 1. The summed E-state index contributed by atoms with van der Waals surface area (Å²) >= 11 is 16.2. The number of anilines is 1. The molecule has 1 N–H and O–H groups in total. The van der Waals surface area contributed by atoms with Crippen molar-refractivity contribution in [3.05, 3.63) is 22.2 Å². The van der Waals surface area contributed by atoms with E-state index in [1.807, 2.05) is 6.07 Å². The van der Waals surface area contributed by atoms with Gasteiger partial charge in [0, 0.05) is 6.54 Å². The monoisotopic (exact) mass is 265 g/mol. The van der Waals surface area contributed by atoms with E-state index >= 15 is 0 Å². The minimum atomic E-state index is 0.440. The van der Waals surface area contributed by atoms with Crippen molar-refractivity contribution in [2.24, 2.45) is 0 Å². The Balaban J connectivity index is 2.77. The van der Waals surface area contributed by atoms with Crippen LogP contribution in [-0.2, 0) is 0 Å². The fraction of sp³-hybridized carbons (Fsp3) is 0.400. The first-order chi connectivity index (χ1) is 7.20. The third kappa shape index (κ3) is 3.37. The Morgan fingerprint density at radius 2 is 2.07 bits per heavy atom. The molecule has 0 radical (unpaired) electrons. The standard InChI is InChI=1S/C10H13Cl2NOS/c1-14-8-4-3-7(9(11)10(8)12)13-5-2-6-15/h3-4,13,15H,2,5-6H2,1H3. The molecule has 0 bridgehead atoms. The van der Waals surface area contributed by atoms with Crippen molar-refractivity contribution in [1.29, 1.82) is 0 Å². The lowest BCUT2D eigenvalue weighted by molar-refractivity contribution is 0.415. The van der Waals surface area contributed by atoms with E-state index in [4.69, 9.17) is 27.9 Å². The highest BCUT2D eigenvalue weighted by Gasteiger charge is 2.09. The molecule has 0 spiro atoms. The largest absolute Gasteiger partial charge is 0.495 e. The Labute approximate surface area is 105 Å². The van der Waals surface area contributed by atoms with E-state index in [9.17, 15) is 0 Å². The Hall–Kier alpha value is -0.250. The van der Waals surface area contributed by atoms with Crippen LogP contribution in [-0.4, -0.2) is 19.4 Å². The average Bonchev–Trinajstić information content (AvgIpc) is 2.25. The molecule has 5 heteroatoms. The molecule has 15 heavy (non-hydrogen) atoms. The van der Waals surface area contributed by atoms with Crippen LogP contribution in [0.4, 0.5) is 5.69 Å². The molecule has 0 saturated carbocycles. The van der Waals surface area contributed by atoms with E-state index in [0.717, 1.165) is 24.4 Å². The van der Waals surface area contributed by atoms with Crippen LogP contribution in [0.15, 0.2) is 12.1 Å². The Morgan fingerprint density at radius 3 is 2.67 bits per heavy atom. The SMILES string of the molecule is COc1ccc(NCCCS)c(Cl)c1Cl. The van der Waals surface area contributed by atoms with E-state index in [1.54, 1.807) is 13.2 Å². The third-order valence-corrected chi connectivity index (χ3v) is 3.10. The molecule has 0 aromatic heterocycles. The number of rotatable bonds is 5. The first-order valence-electron chi connectivity index (χ1n) is 4.57. The molecule has 0 aliphatic heterocycles. The zero-order valence-corrected chi connectivity index (χ0v) is 10.8. The number of benzene rings is 1. The lowest BCUT2D eigenvalue weighted by Gasteiger charge is -2.11. The van der Waals surface area contributed by atoms with Crippen LogP contribution in [0.1, 0.15) is 6.42 Å². The topological polar surface area (TPSA) is 21.3 Å². The minimum Gasteiger partial charge on any atom is -0.495 e. The Bertz CT molecular complexity index is 333. The van der Waals surface area contributed by atoms with Crippen LogP contribution >= 0.6 is 35.8 Å². The first-order valence-corrected chi connectivity index (χ1v) is 5.96. The molecule has 0 atom stereocenters. The summed E-state index contributed by atoms with van der Waals surface area (Å²) in [6.45, 7) is 0.825. The predicted octanol–water partition coefficient (Wildman–Crippen LogP) is 3.73. The van der Waals surface area contributed by atoms with Gasteiger partial charge < -0.3 is 10.1 Å². The lowest BCUT2D eigenvalue weighted by Crippen LogP contribution is -2.02. The molecule has 1 aromatic rings. The number of methoxy groups -OCH3 is 1. The van der Waals surface area contributed by atoms with Crippen molar-refractivity contribution in [3.63, 3.8) is 0 Å². The van der Waals surface area contributed by atoms with Crippen LogP contribution in [0.3, 0.4) is 0 Å². The van der Waals surface area contributed by atoms with E-state index < -0.39 is 0 Å². The fourth-order valence-electron chi connectivity index (χ4n) is 1.13. The summed E-state index contributed by atoms with van der Waals surface area (Å²) in [6, 6.07) is 3.64. The highest BCUT2D eigenvalue weighted by Crippen LogP contribution is 2.37. The Kier molecular flexibility index (Phi) is 5.43. The zero-order chi connectivity index (χ0) is 11.3. The molecular weight excluding hydrogens is 253 g/mol. The number of halogens is 2. The van der Waals surface area contributed by atoms with Crippen molar-refractivity contribution < 1.29 is 4.74 Å². The normalized spacial score (nSPS) is 10.1. The van der Waals surface area contributed by atoms with Gasteiger partial charge in [-0.2, -0.15) is 12.6 Å². The van der Waals surface area contributed by atoms with Gasteiger partial charge in [-0.15, -0.1) is 0 Å². The molecule has 0 saturated heterocycles. The molecule has 0 amide bonds. The highest BCUT2D eigenvalue weighted by molar-refractivity contribution is 7.80. The summed E-state index contributed by atoms with van der Waals surface area (Å²) in [6.07, 6.45) is 0.975. The molecule has 0 aliphatic carbocycles. The molecule has 1 rings (SSSR count).